The van der Waals surface area contributed by atoms with Gasteiger partial charge in [-0.15, -0.1) is 0 Å². The molecule has 2 aromatic rings. The van der Waals surface area contributed by atoms with E-state index in [0.717, 1.165) is 0 Å². The SMILES string of the molecule is Cc1ccc2[nH]c(C(=O)O)c(C(=O)C(F)(F)F)c2c1. The van der Waals surface area contributed by atoms with E-state index in [2.05, 4.69) is 4.98 Å². The summed E-state index contributed by atoms with van der Waals surface area (Å²) >= 11 is 0. The van der Waals surface area contributed by atoms with Gasteiger partial charge in [0.05, 0.1) is 5.56 Å². The molecule has 0 unspecified atom stereocenters. The van der Waals surface area contributed by atoms with Crippen molar-refractivity contribution in [1.82, 2.24) is 4.98 Å². The topological polar surface area (TPSA) is 70.2 Å². The molecule has 100 valence electrons. The number of carbonyl (C=O) groups excluding carboxylic acids is 1. The minimum Gasteiger partial charge on any atom is -0.477 e. The van der Waals surface area contributed by atoms with Gasteiger partial charge in [0, 0.05) is 10.9 Å². The molecular weight excluding hydrogens is 263 g/mol. The molecule has 1 aromatic heterocycles. The lowest BCUT2D eigenvalue weighted by Gasteiger charge is -2.05. The number of carbonyl (C=O) groups is 2. The molecule has 2 rings (SSSR count). The number of carboxylic acids is 1. The number of hydrogen-bond acceptors (Lipinski definition) is 2. The van der Waals surface area contributed by atoms with Crippen LogP contribution in [-0.2, 0) is 0 Å². The molecule has 7 heteroatoms. The van der Waals surface area contributed by atoms with Gasteiger partial charge in [0.15, 0.2) is 0 Å². The third kappa shape index (κ3) is 2.18. The van der Waals surface area contributed by atoms with Gasteiger partial charge in [-0.25, -0.2) is 4.79 Å². The second kappa shape index (κ2) is 4.11. The summed E-state index contributed by atoms with van der Waals surface area (Å²) in [7, 11) is 0. The first kappa shape index (κ1) is 13.1. The second-order valence-electron chi connectivity index (χ2n) is 4.06. The van der Waals surface area contributed by atoms with E-state index in [1.54, 1.807) is 13.0 Å². The van der Waals surface area contributed by atoms with E-state index in [1.165, 1.54) is 12.1 Å². The van der Waals surface area contributed by atoms with Gasteiger partial charge in [0.2, 0.25) is 0 Å². The molecule has 0 aliphatic heterocycles. The molecular formula is C12H8F3NO3. The first-order valence-electron chi connectivity index (χ1n) is 5.19. The van der Waals surface area contributed by atoms with Gasteiger partial charge in [-0.3, -0.25) is 4.79 Å². The highest BCUT2D eigenvalue weighted by Crippen LogP contribution is 2.30. The predicted molar refractivity (Wildman–Crippen MR) is 60.4 cm³/mol. The molecule has 19 heavy (non-hydrogen) atoms. The summed E-state index contributed by atoms with van der Waals surface area (Å²) in [5.74, 6) is -3.77. The average molecular weight is 271 g/mol. The number of fused-ring (bicyclic) bond motifs is 1. The number of alkyl halides is 3. The number of ketones is 1. The average Bonchev–Trinajstić information content (AvgIpc) is 2.65. The Kier molecular flexibility index (Phi) is 2.84. The maximum absolute atomic E-state index is 12.5. The van der Waals surface area contributed by atoms with Gasteiger partial charge in [0.1, 0.15) is 5.69 Å². The number of aromatic nitrogens is 1. The molecule has 0 saturated heterocycles. The van der Waals surface area contributed by atoms with Crippen LogP contribution < -0.4 is 0 Å². The maximum atomic E-state index is 12.5. The van der Waals surface area contributed by atoms with Crippen molar-refractivity contribution in [2.24, 2.45) is 0 Å². The van der Waals surface area contributed by atoms with Crippen LogP contribution in [0.2, 0.25) is 0 Å². The largest absolute Gasteiger partial charge is 0.477 e. The van der Waals surface area contributed by atoms with Crippen molar-refractivity contribution in [1.29, 1.82) is 0 Å². The number of aryl methyl sites for hydroxylation is 1. The Hall–Kier alpha value is -2.31. The fourth-order valence-electron chi connectivity index (χ4n) is 1.84. The monoisotopic (exact) mass is 271 g/mol. The second-order valence-corrected chi connectivity index (χ2v) is 4.06. The molecule has 0 bridgehead atoms. The molecule has 0 atom stereocenters. The van der Waals surface area contributed by atoms with Gasteiger partial charge in [0.25, 0.3) is 5.78 Å². The highest BCUT2D eigenvalue weighted by Gasteiger charge is 2.43. The van der Waals surface area contributed by atoms with E-state index < -0.39 is 29.2 Å². The summed E-state index contributed by atoms with van der Waals surface area (Å²) in [6, 6.07) is 4.38. The van der Waals surface area contributed by atoms with Crippen LogP contribution in [-0.4, -0.2) is 28.0 Å². The number of rotatable bonds is 2. The Morgan fingerprint density at radius 1 is 1.26 bits per heavy atom. The minimum absolute atomic E-state index is 0.0419. The number of H-pyrrole nitrogens is 1. The van der Waals surface area contributed by atoms with Gasteiger partial charge in [-0.1, -0.05) is 11.6 Å². The van der Waals surface area contributed by atoms with Crippen molar-refractivity contribution in [3.05, 3.63) is 35.0 Å². The summed E-state index contributed by atoms with van der Waals surface area (Å²) < 4.78 is 37.6. The van der Waals surface area contributed by atoms with Crippen LogP contribution in [0.3, 0.4) is 0 Å². The Balaban J connectivity index is 2.82. The van der Waals surface area contributed by atoms with E-state index in [4.69, 9.17) is 5.11 Å². The molecule has 0 aliphatic rings. The normalized spacial score (nSPS) is 11.8. The van der Waals surface area contributed by atoms with E-state index in [-0.39, 0.29) is 10.9 Å². The van der Waals surface area contributed by atoms with Crippen LogP contribution in [0.4, 0.5) is 13.2 Å². The molecule has 0 saturated carbocycles. The molecule has 1 aromatic carbocycles. The van der Waals surface area contributed by atoms with E-state index in [9.17, 15) is 22.8 Å². The van der Waals surface area contributed by atoms with Crippen LogP contribution in [0.15, 0.2) is 18.2 Å². The van der Waals surface area contributed by atoms with E-state index >= 15 is 0 Å². The van der Waals surface area contributed by atoms with Crippen LogP contribution in [0.1, 0.15) is 26.4 Å². The lowest BCUT2D eigenvalue weighted by molar-refractivity contribution is -0.0884. The van der Waals surface area contributed by atoms with Crippen molar-refractivity contribution in [3.8, 4) is 0 Å². The van der Waals surface area contributed by atoms with Crippen molar-refractivity contribution in [3.63, 3.8) is 0 Å². The number of aromatic carboxylic acids is 1. The molecule has 0 radical (unpaired) electrons. The molecule has 4 nitrogen and oxygen atoms in total. The number of benzene rings is 1. The number of Topliss-reactive ketones (excluding diaryl/α,β-unsaturated/α-hetero) is 1. The summed E-state index contributed by atoms with van der Waals surface area (Å²) in [6.45, 7) is 1.63. The summed E-state index contributed by atoms with van der Waals surface area (Å²) in [4.78, 5) is 24.6. The standard InChI is InChI=1S/C12H8F3NO3/c1-5-2-3-7-6(4-5)8(9(16-7)11(18)19)10(17)12(13,14)15/h2-4,16H,1H3,(H,18,19). The number of carboxylic acid groups (broad SMARTS) is 1. The molecule has 2 N–H and O–H groups in total. The molecule has 0 fully saturated rings. The molecule has 0 spiro atoms. The summed E-state index contributed by atoms with van der Waals surface area (Å²) in [6.07, 6.45) is -5.12. The van der Waals surface area contributed by atoms with E-state index in [1.807, 2.05) is 0 Å². The minimum atomic E-state index is -5.12. The van der Waals surface area contributed by atoms with Gasteiger partial charge in [-0.05, 0) is 19.1 Å². The molecule has 1 heterocycles. The lowest BCUT2D eigenvalue weighted by atomic mass is 10.0. The highest BCUT2D eigenvalue weighted by molar-refractivity contribution is 6.16. The third-order valence-electron chi connectivity index (χ3n) is 2.65. The lowest BCUT2D eigenvalue weighted by Crippen LogP contribution is -2.24. The summed E-state index contributed by atoms with van der Waals surface area (Å²) in [5.41, 5.74) is -0.795. The number of nitrogens with one attached hydrogen (secondary N) is 1. The number of hydrogen-bond donors (Lipinski definition) is 2. The fourth-order valence-corrected chi connectivity index (χ4v) is 1.84. The van der Waals surface area contributed by atoms with Crippen LogP contribution in [0.5, 0.6) is 0 Å². The van der Waals surface area contributed by atoms with Crippen molar-refractivity contribution >= 4 is 22.7 Å². The van der Waals surface area contributed by atoms with Crippen LogP contribution in [0, 0.1) is 6.92 Å². The van der Waals surface area contributed by atoms with E-state index in [0.29, 0.717) is 5.56 Å². The quantitative estimate of drug-likeness (QED) is 0.825. The zero-order valence-electron chi connectivity index (χ0n) is 9.63. The Morgan fingerprint density at radius 3 is 2.42 bits per heavy atom. The van der Waals surface area contributed by atoms with Gasteiger partial charge < -0.3 is 10.1 Å². The molecule has 0 amide bonds. The first-order valence-corrected chi connectivity index (χ1v) is 5.19. The van der Waals surface area contributed by atoms with Crippen molar-refractivity contribution in [2.45, 2.75) is 13.1 Å². The zero-order valence-corrected chi connectivity index (χ0v) is 9.63. The van der Waals surface area contributed by atoms with Crippen molar-refractivity contribution in [2.75, 3.05) is 0 Å². The maximum Gasteiger partial charge on any atom is 0.454 e. The Labute approximate surface area is 104 Å². The molecule has 0 aliphatic carbocycles. The van der Waals surface area contributed by atoms with Crippen molar-refractivity contribution < 1.29 is 27.9 Å². The highest BCUT2D eigenvalue weighted by atomic mass is 19.4. The predicted octanol–water partition coefficient (Wildman–Crippen LogP) is 2.92. The zero-order chi connectivity index (χ0) is 14.4. The first-order chi connectivity index (χ1) is 8.71. The number of halogens is 3. The Morgan fingerprint density at radius 2 is 1.89 bits per heavy atom. The fraction of sp³-hybridized carbons (Fsp3) is 0.167. The van der Waals surface area contributed by atoms with Crippen LogP contribution in [0.25, 0.3) is 10.9 Å². The third-order valence-corrected chi connectivity index (χ3v) is 2.65. The van der Waals surface area contributed by atoms with Gasteiger partial charge >= 0.3 is 12.1 Å². The Bertz CT molecular complexity index is 685. The smallest absolute Gasteiger partial charge is 0.454 e. The summed E-state index contributed by atoms with van der Waals surface area (Å²) in [5, 5.41) is 8.86. The van der Waals surface area contributed by atoms with Crippen LogP contribution >= 0.6 is 0 Å². The number of aromatic amines is 1. The van der Waals surface area contributed by atoms with Gasteiger partial charge in [-0.2, -0.15) is 13.2 Å².